The van der Waals surface area contributed by atoms with Gasteiger partial charge in [-0.2, -0.15) is 0 Å². The van der Waals surface area contributed by atoms with Crippen molar-refractivity contribution in [1.82, 2.24) is 0 Å². The van der Waals surface area contributed by atoms with E-state index in [2.05, 4.69) is 6.92 Å². The number of aliphatic hydroxyl groups is 1. The monoisotopic (exact) mass is 336 g/mol. The molecule has 0 aromatic rings. The largest absolute Gasteiger partial charge is 0.469 e. The number of Topliss-reactive ketones (excluding diaryl/α,β-unsaturated/α-hetero) is 2. The second-order valence-corrected chi connectivity index (χ2v) is 8.38. The van der Waals surface area contributed by atoms with Gasteiger partial charge in [-0.05, 0) is 43.4 Å². The van der Waals surface area contributed by atoms with Crippen molar-refractivity contribution in [3.8, 4) is 0 Å². The van der Waals surface area contributed by atoms with Gasteiger partial charge in [0, 0.05) is 24.2 Å². The van der Waals surface area contributed by atoms with E-state index in [9.17, 15) is 19.5 Å². The lowest BCUT2D eigenvalue weighted by molar-refractivity contribution is -0.224. The first-order valence-corrected chi connectivity index (χ1v) is 9.05. The average molecular weight is 336 g/mol. The number of fused-ring (bicyclic) bond motifs is 3. The van der Waals surface area contributed by atoms with E-state index in [1.165, 1.54) is 7.11 Å². The molecule has 0 saturated heterocycles. The lowest BCUT2D eigenvalue weighted by atomic mass is 9.39. The van der Waals surface area contributed by atoms with E-state index in [0.717, 1.165) is 12.8 Å². The minimum Gasteiger partial charge on any atom is -0.469 e. The van der Waals surface area contributed by atoms with Crippen LogP contribution in [0.2, 0.25) is 0 Å². The van der Waals surface area contributed by atoms with E-state index in [4.69, 9.17) is 4.74 Å². The van der Waals surface area contributed by atoms with Gasteiger partial charge in [0.15, 0.2) is 5.78 Å². The van der Waals surface area contributed by atoms with Crippen molar-refractivity contribution < 1.29 is 24.2 Å². The Morgan fingerprint density at radius 3 is 2.58 bits per heavy atom. The number of ketones is 2. The lowest BCUT2D eigenvalue weighted by Crippen LogP contribution is -2.68. The van der Waals surface area contributed by atoms with Gasteiger partial charge in [-0.15, -0.1) is 0 Å². The standard InChI is InChI=1S/C19H28O5/c1-17-9-7-14(20)12(11-16(22)24-3)13(17)6-10-19(23)15(21)5-4-8-18(17,19)2/h12-13,23H,4-11H2,1-3H3/t12-,13-,17-,18+,19-/m0/s1. The number of hydrogen-bond acceptors (Lipinski definition) is 5. The summed E-state index contributed by atoms with van der Waals surface area (Å²) in [7, 11) is 1.34. The maximum Gasteiger partial charge on any atom is 0.306 e. The third-order valence-corrected chi connectivity index (χ3v) is 7.76. The highest BCUT2D eigenvalue weighted by atomic mass is 16.5. The second kappa shape index (κ2) is 5.65. The summed E-state index contributed by atoms with van der Waals surface area (Å²) >= 11 is 0. The summed E-state index contributed by atoms with van der Waals surface area (Å²) in [5, 5.41) is 11.3. The normalized spacial score (nSPS) is 45.3. The van der Waals surface area contributed by atoms with Crippen LogP contribution in [0.25, 0.3) is 0 Å². The zero-order valence-corrected chi connectivity index (χ0v) is 14.9. The van der Waals surface area contributed by atoms with Crippen LogP contribution >= 0.6 is 0 Å². The smallest absolute Gasteiger partial charge is 0.306 e. The predicted molar refractivity (Wildman–Crippen MR) is 87.1 cm³/mol. The van der Waals surface area contributed by atoms with Crippen LogP contribution in [0.3, 0.4) is 0 Å². The second-order valence-electron chi connectivity index (χ2n) is 8.38. The summed E-state index contributed by atoms with van der Waals surface area (Å²) in [6, 6.07) is 0. The quantitative estimate of drug-likeness (QED) is 0.783. The summed E-state index contributed by atoms with van der Waals surface area (Å²) in [6.45, 7) is 4.15. The van der Waals surface area contributed by atoms with Gasteiger partial charge in [0.1, 0.15) is 11.4 Å². The highest BCUT2D eigenvalue weighted by Crippen LogP contribution is 2.67. The maximum atomic E-state index is 12.6. The Kier molecular flexibility index (Phi) is 4.14. The molecule has 5 heteroatoms. The third kappa shape index (κ3) is 2.13. The van der Waals surface area contributed by atoms with E-state index in [0.29, 0.717) is 32.1 Å². The van der Waals surface area contributed by atoms with Crippen molar-refractivity contribution in [3.63, 3.8) is 0 Å². The fourth-order valence-corrected chi connectivity index (χ4v) is 6.01. The van der Waals surface area contributed by atoms with Crippen LogP contribution in [0.5, 0.6) is 0 Å². The summed E-state index contributed by atoms with van der Waals surface area (Å²) < 4.78 is 4.79. The van der Waals surface area contributed by atoms with Gasteiger partial charge in [0.05, 0.1) is 13.5 Å². The Hall–Kier alpha value is -1.23. The molecule has 3 aliphatic rings. The Bertz CT molecular complexity index is 584. The molecule has 3 aliphatic carbocycles. The molecule has 0 aromatic heterocycles. The van der Waals surface area contributed by atoms with Crippen molar-refractivity contribution in [1.29, 1.82) is 0 Å². The van der Waals surface area contributed by atoms with Gasteiger partial charge in [0.25, 0.3) is 0 Å². The number of hydrogen-bond donors (Lipinski definition) is 1. The van der Waals surface area contributed by atoms with Crippen LogP contribution in [0.15, 0.2) is 0 Å². The molecule has 0 amide bonds. The summed E-state index contributed by atoms with van der Waals surface area (Å²) in [6.07, 6.45) is 4.23. The molecule has 0 spiro atoms. The van der Waals surface area contributed by atoms with Crippen LogP contribution < -0.4 is 0 Å². The zero-order chi connectivity index (χ0) is 17.8. The van der Waals surface area contributed by atoms with Crippen molar-refractivity contribution in [2.75, 3.05) is 7.11 Å². The Morgan fingerprint density at radius 1 is 1.21 bits per heavy atom. The zero-order valence-electron chi connectivity index (χ0n) is 14.9. The third-order valence-electron chi connectivity index (χ3n) is 7.76. The highest BCUT2D eigenvalue weighted by Gasteiger charge is 2.68. The van der Waals surface area contributed by atoms with Gasteiger partial charge in [0.2, 0.25) is 0 Å². The fraction of sp³-hybridized carbons (Fsp3) is 0.842. The van der Waals surface area contributed by atoms with Crippen molar-refractivity contribution in [3.05, 3.63) is 0 Å². The van der Waals surface area contributed by atoms with E-state index in [1.807, 2.05) is 6.92 Å². The molecule has 0 heterocycles. The number of methoxy groups -OCH3 is 1. The van der Waals surface area contributed by atoms with Gasteiger partial charge >= 0.3 is 5.97 Å². The molecule has 0 bridgehead atoms. The first-order valence-electron chi connectivity index (χ1n) is 9.05. The molecular weight excluding hydrogens is 308 g/mol. The van der Waals surface area contributed by atoms with Crippen LogP contribution in [0.1, 0.15) is 65.2 Å². The van der Waals surface area contributed by atoms with Crippen molar-refractivity contribution >= 4 is 17.5 Å². The van der Waals surface area contributed by atoms with Crippen molar-refractivity contribution in [2.24, 2.45) is 22.7 Å². The average Bonchev–Trinajstić information content (AvgIpc) is 2.54. The number of carbonyl (C=O) groups is 3. The summed E-state index contributed by atoms with van der Waals surface area (Å²) in [5.74, 6) is -0.608. The topological polar surface area (TPSA) is 80.7 Å². The molecule has 3 rings (SSSR count). The van der Waals surface area contributed by atoms with E-state index >= 15 is 0 Å². The lowest BCUT2D eigenvalue weighted by Gasteiger charge is -2.65. The molecular formula is C19H28O5. The maximum absolute atomic E-state index is 12.6. The molecule has 24 heavy (non-hydrogen) atoms. The number of esters is 1. The van der Waals surface area contributed by atoms with E-state index in [1.54, 1.807) is 0 Å². The summed E-state index contributed by atoms with van der Waals surface area (Å²) in [5.41, 5.74) is -2.14. The minimum absolute atomic E-state index is 0.0222. The molecule has 3 saturated carbocycles. The van der Waals surface area contributed by atoms with Crippen LogP contribution in [0, 0.1) is 22.7 Å². The SMILES string of the molecule is COC(=O)C[C@@H]1C(=O)CC[C@@]2(C)[C@H]1CC[C@]1(O)C(=O)CCC[C@]21C. The van der Waals surface area contributed by atoms with Gasteiger partial charge in [-0.3, -0.25) is 14.4 Å². The predicted octanol–water partition coefficient (Wildman–Crippen LogP) is 2.44. The molecule has 5 atom stereocenters. The summed E-state index contributed by atoms with van der Waals surface area (Å²) in [4.78, 5) is 36.9. The number of carbonyl (C=O) groups excluding carboxylic acids is 3. The molecule has 0 unspecified atom stereocenters. The Morgan fingerprint density at radius 2 is 1.92 bits per heavy atom. The van der Waals surface area contributed by atoms with Crippen LogP contribution in [-0.2, 0) is 19.1 Å². The minimum atomic E-state index is -1.29. The van der Waals surface area contributed by atoms with E-state index < -0.39 is 11.0 Å². The van der Waals surface area contributed by atoms with Gasteiger partial charge < -0.3 is 9.84 Å². The van der Waals surface area contributed by atoms with Crippen molar-refractivity contribution in [2.45, 2.75) is 70.8 Å². The molecule has 134 valence electrons. The van der Waals surface area contributed by atoms with Crippen LogP contribution in [-0.4, -0.2) is 35.4 Å². The Labute approximate surface area is 143 Å². The van der Waals surface area contributed by atoms with Gasteiger partial charge in [-0.25, -0.2) is 0 Å². The fourth-order valence-electron chi connectivity index (χ4n) is 6.01. The van der Waals surface area contributed by atoms with Gasteiger partial charge in [-0.1, -0.05) is 13.8 Å². The first-order chi connectivity index (χ1) is 11.2. The molecule has 0 aliphatic heterocycles. The Balaban J connectivity index is 2.01. The molecule has 1 N–H and O–H groups in total. The molecule has 0 aromatic carbocycles. The molecule has 5 nitrogen and oxygen atoms in total. The van der Waals surface area contributed by atoms with Crippen LogP contribution in [0.4, 0.5) is 0 Å². The number of ether oxygens (including phenoxy) is 1. The first kappa shape index (κ1) is 17.6. The molecule has 0 radical (unpaired) electrons. The molecule has 3 fully saturated rings. The highest BCUT2D eigenvalue weighted by molar-refractivity contribution is 5.90. The number of rotatable bonds is 2. The van der Waals surface area contributed by atoms with E-state index in [-0.39, 0.29) is 41.2 Å².